The van der Waals surface area contributed by atoms with Gasteiger partial charge in [-0.15, -0.1) is 0 Å². The highest BCUT2D eigenvalue weighted by molar-refractivity contribution is 6.39. The lowest BCUT2D eigenvalue weighted by Crippen LogP contribution is -2.61. The molecule has 4 fully saturated rings. The number of ether oxygens (including phenoxy) is 7. The summed E-state index contributed by atoms with van der Waals surface area (Å²) in [7, 11) is 4.43. The minimum atomic E-state index is -2.47. The maximum atomic E-state index is 14.5. The lowest BCUT2D eigenvalue weighted by Gasteiger charge is -2.42. The molecule has 22 nitrogen and oxygen atoms in total. The number of esters is 2. The fraction of sp³-hybridized carbons (Fsp3) is 0.600. The predicted molar refractivity (Wildman–Crippen MR) is 408 cm³/mol. The number of fused-ring (bicyclic) bond motifs is 4. The van der Waals surface area contributed by atoms with Gasteiger partial charge in [0.25, 0.3) is 11.7 Å². The second-order valence-corrected chi connectivity index (χ2v) is 31.0. The average Bonchev–Trinajstić information content (AvgIpc) is 1.74. The number of aromatic hydroxyl groups is 2. The molecule has 15 atom stereocenters. The van der Waals surface area contributed by atoms with Gasteiger partial charge in [-0.1, -0.05) is 89.6 Å². The van der Waals surface area contributed by atoms with Crippen molar-refractivity contribution in [2.24, 2.45) is 40.9 Å². The molecular weight excluding hydrogens is 1370 g/mol. The van der Waals surface area contributed by atoms with Gasteiger partial charge in [-0.2, -0.15) is 0 Å². The van der Waals surface area contributed by atoms with Gasteiger partial charge in [0.1, 0.15) is 65.5 Å². The number of carbonyl (C=O) groups is 6. The molecule has 1 saturated carbocycles. The van der Waals surface area contributed by atoms with Crippen LogP contribution in [-0.2, 0) is 63.7 Å². The summed E-state index contributed by atoms with van der Waals surface area (Å²) < 4.78 is 43.7. The summed E-state index contributed by atoms with van der Waals surface area (Å²) in [5.74, 6) is -7.96. The molecule has 4 aliphatic heterocycles. The van der Waals surface area contributed by atoms with Crippen LogP contribution in [-0.4, -0.2) is 202 Å². The number of methoxy groups -OCH3 is 3. The summed E-state index contributed by atoms with van der Waals surface area (Å²) in [5.41, 5.74) is 5.19. The number of phenolic OH excluding ortho intramolecular Hbond substituents is 2. The number of likely N-dealkylation sites (tertiary alicyclic amines) is 1. The van der Waals surface area contributed by atoms with Gasteiger partial charge in [0.05, 0.1) is 37.2 Å². The van der Waals surface area contributed by atoms with E-state index in [1.54, 1.807) is 59.1 Å². The van der Waals surface area contributed by atoms with Crippen LogP contribution in [0.25, 0.3) is 22.2 Å². The van der Waals surface area contributed by atoms with Gasteiger partial charge in [-0.3, -0.25) is 28.9 Å². The molecule has 3 saturated heterocycles. The highest BCUT2D eigenvalue weighted by Crippen LogP contribution is 2.41. The molecule has 588 valence electrons. The molecule has 4 aromatic rings. The summed E-state index contributed by atoms with van der Waals surface area (Å²) in [6.45, 7) is 19.6. The number of aryl methyl sites for hydroxylation is 1. The summed E-state index contributed by atoms with van der Waals surface area (Å²) in [6.07, 6.45) is 13.7. The molecule has 1 aromatic heterocycles. The number of cyclic esters (lactones) is 1. The summed E-state index contributed by atoms with van der Waals surface area (Å²) >= 11 is 0. The molecule has 22 heteroatoms. The Balaban J connectivity index is 0.000000349. The van der Waals surface area contributed by atoms with Gasteiger partial charge in [-0.05, 0) is 218 Å². The number of allylic oxidation sites excluding steroid dienone is 6. The molecule has 1 amide bonds. The first-order valence-corrected chi connectivity index (χ1v) is 38.5. The second-order valence-electron chi connectivity index (χ2n) is 31.0. The van der Waals surface area contributed by atoms with E-state index in [-0.39, 0.29) is 54.3 Å². The van der Waals surface area contributed by atoms with Crippen molar-refractivity contribution in [3.8, 4) is 28.5 Å². The number of rotatable bonds is 17. The number of hydrogen-bond donors (Lipinski definition) is 6. The van der Waals surface area contributed by atoms with Crippen molar-refractivity contribution in [2.75, 3.05) is 67.3 Å². The number of aliphatic hydroxyl groups is 4. The van der Waals surface area contributed by atoms with Gasteiger partial charge in [0.2, 0.25) is 5.79 Å². The largest absolute Gasteiger partial charge is 0.508 e. The van der Waals surface area contributed by atoms with Crippen LogP contribution >= 0.6 is 0 Å². The van der Waals surface area contributed by atoms with Crippen LogP contribution in [0.1, 0.15) is 163 Å². The van der Waals surface area contributed by atoms with Gasteiger partial charge >= 0.3 is 11.9 Å². The summed E-state index contributed by atoms with van der Waals surface area (Å²) in [4.78, 5) is 87.9. The van der Waals surface area contributed by atoms with E-state index in [2.05, 4.69) is 40.7 Å². The molecule has 0 spiro atoms. The number of carbonyl (C=O) groups excluding carboxylic acids is 6. The fourth-order valence-electron chi connectivity index (χ4n) is 15.7. The van der Waals surface area contributed by atoms with Crippen molar-refractivity contribution >= 4 is 46.1 Å². The SMILES string of the molecule is CO[C@H]1C[C@@H]2CC[C@@H](C)[C@@](O)(O2)C(=O)C(=O)N2CCCC[C@H]2C(=O)O[C@H]([C@H](C)C[C@@H]2CC[C@@H](OC(=O)C(C)(CO)CO)[C@H](OC)C2)CC(=O)[C@H](C)/C=C(\C)[C@@H](O)[C@@H](OC)C(=O)[C@H](C)C[C@H](C)/C=C/C=C/C=C/1C.Cc1c(-c2ccc(O)cc2)n(Cc2ccc(OCCN3CCCCC3)cc2)c2ccc(O)cc12. The monoisotopic (exact) mass is 1490 g/mol. The van der Waals surface area contributed by atoms with Crippen LogP contribution in [0, 0.1) is 47.8 Å². The molecule has 1 aliphatic carbocycles. The first-order chi connectivity index (χ1) is 51.1. The van der Waals surface area contributed by atoms with Gasteiger partial charge in [-0.25, -0.2) is 4.79 Å². The van der Waals surface area contributed by atoms with E-state index in [0.29, 0.717) is 76.3 Å². The average molecular weight is 1490 g/mol. The molecule has 5 aliphatic rings. The Labute approximate surface area is 632 Å². The van der Waals surface area contributed by atoms with E-state index in [9.17, 15) is 59.4 Å². The van der Waals surface area contributed by atoms with E-state index in [0.717, 1.165) is 57.1 Å². The zero-order valence-electron chi connectivity index (χ0n) is 65.0. The van der Waals surface area contributed by atoms with E-state index < -0.39 is 120 Å². The highest BCUT2D eigenvalue weighted by atomic mass is 16.6. The first kappa shape index (κ1) is 85.2. The fourth-order valence-corrected chi connectivity index (χ4v) is 15.7. The normalized spacial score (nSPS) is 30.1. The lowest BCUT2D eigenvalue weighted by atomic mass is 9.78. The molecular formula is C85H119N3O19. The van der Waals surface area contributed by atoms with E-state index in [1.807, 2.05) is 75.4 Å². The van der Waals surface area contributed by atoms with Crippen molar-refractivity contribution in [3.05, 3.63) is 125 Å². The van der Waals surface area contributed by atoms with Crippen molar-refractivity contribution < 1.29 is 92.6 Å². The third-order valence-corrected chi connectivity index (χ3v) is 22.7. The Morgan fingerprint density at radius 3 is 2.11 bits per heavy atom. The van der Waals surface area contributed by atoms with Crippen LogP contribution < -0.4 is 4.74 Å². The van der Waals surface area contributed by atoms with Crippen molar-refractivity contribution in [3.63, 3.8) is 0 Å². The zero-order chi connectivity index (χ0) is 77.9. The topological polar surface area (TPSA) is 300 Å². The Hall–Kier alpha value is -7.38. The van der Waals surface area contributed by atoms with Gasteiger partial charge in [0, 0.05) is 82.5 Å². The molecule has 3 aromatic carbocycles. The second kappa shape index (κ2) is 39.8. The molecule has 107 heavy (non-hydrogen) atoms. The number of ketones is 3. The lowest BCUT2D eigenvalue weighted by molar-refractivity contribution is -0.265. The number of aromatic nitrogens is 1. The number of piperidine rings is 2. The Morgan fingerprint density at radius 2 is 1.44 bits per heavy atom. The zero-order valence-corrected chi connectivity index (χ0v) is 65.0. The van der Waals surface area contributed by atoms with E-state index in [4.69, 9.17) is 33.2 Å². The van der Waals surface area contributed by atoms with Gasteiger partial charge in [0.15, 0.2) is 5.78 Å². The number of phenols is 2. The van der Waals surface area contributed by atoms with E-state index >= 15 is 0 Å². The van der Waals surface area contributed by atoms with E-state index in [1.165, 1.54) is 59.1 Å². The minimum absolute atomic E-state index is 0.00697. The number of nitrogens with zero attached hydrogens (tertiary/aromatic N) is 3. The molecule has 6 N–H and O–H groups in total. The predicted octanol–water partition coefficient (Wildman–Crippen LogP) is 11.7. The quantitative estimate of drug-likeness (QED) is 0.0325. The Morgan fingerprint density at radius 1 is 0.748 bits per heavy atom. The summed E-state index contributed by atoms with van der Waals surface area (Å²) in [5, 5.41) is 63.9. The molecule has 9 rings (SSSR count). The Bertz CT molecular complexity index is 3740. The van der Waals surface area contributed by atoms with Crippen LogP contribution in [0.5, 0.6) is 17.2 Å². The van der Waals surface area contributed by atoms with Crippen LogP contribution in [0.4, 0.5) is 0 Å². The number of benzene rings is 3. The van der Waals surface area contributed by atoms with Crippen molar-refractivity contribution in [1.29, 1.82) is 0 Å². The Kier molecular flexibility index (Phi) is 31.7. The highest BCUT2D eigenvalue weighted by Gasteiger charge is 2.53. The van der Waals surface area contributed by atoms with Crippen LogP contribution in [0.2, 0.25) is 0 Å². The molecule has 0 radical (unpaired) electrons. The minimum Gasteiger partial charge on any atom is -0.508 e. The maximum absolute atomic E-state index is 14.5. The molecule has 0 unspecified atom stereocenters. The number of hydrogen-bond acceptors (Lipinski definition) is 20. The smallest absolute Gasteiger partial charge is 0.329 e. The third-order valence-electron chi connectivity index (χ3n) is 22.7. The molecule has 5 heterocycles. The summed E-state index contributed by atoms with van der Waals surface area (Å²) in [6, 6.07) is 20.0. The van der Waals surface area contributed by atoms with Gasteiger partial charge < -0.3 is 73.3 Å². The van der Waals surface area contributed by atoms with Crippen LogP contribution in [0.15, 0.2) is 114 Å². The molecule has 2 bridgehead atoms. The number of Topliss-reactive ketones (excluding diaryl/α,β-unsaturated/α-hetero) is 3. The van der Waals surface area contributed by atoms with Crippen molar-refractivity contribution in [1.82, 2.24) is 14.4 Å². The first-order valence-electron chi connectivity index (χ1n) is 38.5. The number of amides is 1. The maximum Gasteiger partial charge on any atom is 0.329 e. The van der Waals surface area contributed by atoms with Crippen molar-refractivity contribution in [2.45, 2.75) is 220 Å². The van der Waals surface area contributed by atoms with Crippen LogP contribution in [0.3, 0.4) is 0 Å². The third kappa shape index (κ3) is 22.2. The standard InChI is InChI=1S/C56H87NO16.C29H32N2O3/c1-33-17-13-12-14-18-34(2)45(68-9)29-41-22-20-39(7)56(67,73-41)51(63)52(64)57-24-16-15-19-42(57)53(65)71-46(30-43(60)35(3)26-38(6)49(62)50(70-11)48(61)37(5)25-33)36(4)27-40-21-23-44(47(28-40)69-10)72-54(66)55(8,31-58)32-59;1-21-27-19-25(33)11-14-28(27)31(29(21)23-7-9-24(32)10-8-23)20-22-5-12-26(13-6-22)34-18-17-30-15-3-2-4-16-30/h12-14,17-18,26,33,35-37,39-42,44-47,49-50,58-59,62,67H,15-16,19-25,27-32H2,1-11H3;5-14,19,32-33H,2-4,15-18,20H2,1H3/b14-12+,17-13+,34-18+,38-26+;/t33-,35-,36-,37-,39-,40+,41+,42+,44-,45+,46+,47-,49-,50+,56-;/m1./s1. The number of aliphatic hydroxyl groups excluding tert-OH is 3.